The Balaban J connectivity index is 2.07. The maximum Gasteiger partial charge on any atom is 0.0764 e. The summed E-state index contributed by atoms with van der Waals surface area (Å²) in [6, 6.07) is 8.51. The minimum Gasteiger partial charge on any atom is -0.325 e. The van der Waals surface area contributed by atoms with E-state index < -0.39 is 0 Å². The van der Waals surface area contributed by atoms with Crippen LogP contribution in [0.5, 0.6) is 0 Å². The number of nitrogens with two attached hydrogens (primary N) is 1. The van der Waals surface area contributed by atoms with E-state index >= 15 is 0 Å². The first-order chi connectivity index (χ1) is 8.38. The molecule has 88 valence electrons. The van der Waals surface area contributed by atoms with E-state index in [1.165, 1.54) is 42.5 Å². The second-order valence-corrected chi connectivity index (χ2v) is 4.58. The van der Waals surface area contributed by atoms with Gasteiger partial charge in [-0.25, -0.2) is 4.68 Å². The first kappa shape index (κ1) is 10.5. The van der Waals surface area contributed by atoms with Crippen LogP contribution in [0.4, 0.5) is 0 Å². The van der Waals surface area contributed by atoms with Gasteiger partial charge in [-0.05, 0) is 48.9 Å². The SMILES string of the molecule is NCc1ccn(-c2cccc3c2CCCC3)n1. The summed E-state index contributed by atoms with van der Waals surface area (Å²) in [6.45, 7) is 0.502. The largest absolute Gasteiger partial charge is 0.325 e. The van der Waals surface area contributed by atoms with Crippen LogP contribution in [0.1, 0.15) is 29.7 Å². The second kappa shape index (κ2) is 4.34. The minimum absolute atomic E-state index is 0.502. The van der Waals surface area contributed by atoms with Gasteiger partial charge in [0.2, 0.25) is 0 Å². The Labute approximate surface area is 101 Å². The van der Waals surface area contributed by atoms with Gasteiger partial charge in [0, 0.05) is 12.7 Å². The number of benzene rings is 1. The highest BCUT2D eigenvalue weighted by Crippen LogP contribution is 2.26. The molecule has 0 unspecified atom stereocenters. The normalized spacial score (nSPS) is 14.6. The lowest BCUT2D eigenvalue weighted by Gasteiger charge is -2.19. The average molecular weight is 227 g/mol. The van der Waals surface area contributed by atoms with Crippen LogP contribution < -0.4 is 5.73 Å². The molecule has 1 aliphatic rings. The van der Waals surface area contributed by atoms with E-state index in [0.717, 1.165) is 5.69 Å². The van der Waals surface area contributed by atoms with Crippen LogP contribution in [0.25, 0.3) is 5.69 Å². The molecule has 3 rings (SSSR count). The zero-order chi connectivity index (χ0) is 11.7. The third-order valence-electron chi connectivity index (χ3n) is 3.47. The molecular formula is C14H17N3. The lowest BCUT2D eigenvalue weighted by Crippen LogP contribution is -2.09. The van der Waals surface area contributed by atoms with Crippen LogP contribution in [0.3, 0.4) is 0 Å². The molecule has 1 aromatic carbocycles. The Bertz CT molecular complexity index is 528. The zero-order valence-corrected chi connectivity index (χ0v) is 9.89. The van der Waals surface area contributed by atoms with Gasteiger partial charge in [0.25, 0.3) is 0 Å². The topological polar surface area (TPSA) is 43.8 Å². The second-order valence-electron chi connectivity index (χ2n) is 4.58. The Morgan fingerprint density at radius 1 is 1.18 bits per heavy atom. The summed E-state index contributed by atoms with van der Waals surface area (Å²) in [5.41, 5.74) is 10.7. The van der Waals surface area contributed by atoms with Crippen molar-refractivity contribution in [3.8, 4) is 5.69 Å². The molecule has 0 amide bonds. The van der Waals surface area contributed by atoms with Gasteiger partial charge < -0.3 is 5.73 Å². The van der Waals surface area contributed by atoms with E-state index in [1.807, 2.05) is 16.9 Å². The number of nitrogens with zero attached hydrogens (tertiary/aromatic N) is 2. The van der Waals surface area contributed by atoms with E-state index in [9.17, 15) is 0 Å². The zero-order valence-electron chi connectivity index (χ0n) is 9.89. The minimum atomic E-state index is 0.502. The van der Waals surface area contributed by atoms with Crippen molar-refractivity contribution in [1.29, 1.82) is 0 Å². The highest BCUT2D eigenvalue weighted by atomic mass is 15.3. The molecule has 3 nitrogen and oxygen atoms in total. The van der Waals surface area contributed by atoms with E-state index in [2.05, 4.69) is 23.3 Å². The van der Waals surface area contributed by atoms with E-state index in [-0.39, 0.29) is 0 Å². The van der Waals surface area contributed by atoms with Gasteiger partial charge in [0.05, 0.1) is 11.4 Å². The quantitative estimate of drug-likeness (QED) is 0.854. The van der Waals surface area contributed by atoms with Gasteiger partial charge in [0.1, 0.15) is 0 Å². The molecule has 0 saturated carbocycles. The fraction of sp³-hybridized carbons (Fsp3) is 0.357. The highest BCUT2D eigenvalue weighted by Gasteiger charge is 2.14. The van der Waals surface area contributed by atoms with Crippen LogP contribution in [-0.2, 0) is 19.4 Å². The number of aryl methyl sites for hydroxylation is 1. The van der Waals surface area contributed by atoms with E-state index in [4.69, 9.17) is 5.73 Å². The number of aromatic nitrogens is 2. The summed E-state index contributed by atoms with van der Waals surface area (Å²) in [5, 5.41) is 4.50. The molecule has 0 spiro atoms. The third kappa shape index (κ3) is 1.87. The van der Waals surface area contributed by atoms with Crippen molar-refractivity contribution in [3.05, 3.63) is 47.3 Å². The summed E-state index contributed by atoms with van der Waals surface area (Å²) in [4.78, 5) is 0. The Morgan fingerprint density at radius 3 is 2.88 bits per heavy atom. The van der Waals surface area contributed by atoms with Gasteiger partial charge in [-0.3, -0.25) is 0 Å². The predicted molar refractivity (Wildman–Crippen MR) is 68.1 cm³/mol. The third-order valence-corrected chi connectivity index (χ3v) is 3.47. The molecule has 1 heterocycles. The van der Waals surface area contributed by atoms with Crippen LogP contribution in [0.15, 0.2) is 30.5 Å². The standard InChI is InChI=1S/C14H17N3/c15-10-12-8-9-17(16-12)14-7-3-5-11-4-1-2-6-13(11)14/h3,5,7-9H,1-2,4,6,10,15H2. The fourth-order valence-electron chi connectivity index (χ4n) is 2.58. The summed E-state index contributed by atoms with van der Waals surface area (Å²) in [6.07, 6.45) is 6.97. The molecule has 0 atom stereocenters. The van der Waals surface area contributed by atoms with Crippen molar-refractivity contribution in [3.63, 3.8) is 0 Å². The van der Waals surface area contributed by atoms with Gasteiger partial charge in [0.15, 0.2) is 0 Å². The van der Waals surface area contributed by atoms with Crippen LogP contribution in [-0.4, -0.2) is 9.78 Å². The number of hydrogen-bond acceptors (Lipinski definition) is 2. The van der Waals surface area contributed by atoms with Gasteiger partial charge >= 0.3 is 0 Å². The van der Waals surface area contributed by atoms with Gasteiger partial charge in [-0.2, -0.15) is 5.10 Å². The predicted octanol–water partition coefficient (Wildman–Crippen LogP) is 2.21. The van der Waals surface area contributed by atoms with Crippen LogP contribution >= 0.6 is 0 Å². The molecule has 17 heavy (non-hydrogen) atoms. The molecule has 0 saturated heterocycles. The van der Waals surface area contributed by atoms with E-state index in [0.29, 0.717) is 6.54 Å². The van der Waals surface area contributed by atoms with E-state index in [1.54, 1.807) is 0 Å². The molecule has 1 aromatic heterocycles. The monoisotopic (exact) mass is 227 g/mol. The molecule has 2 N–H and O–H groups in total. The van der Waals surface area contributed by atoms with Crippen molar-refractivity contribution in [2.45, 2.75) is 32.2 Å². The van der Waals surface area contributed by atoms with Crippen molar-refractivity contribution in [1.82, 2.24) is 9.78 Å². The van der Waals surface area contributed by atoms with Gasteiger partial charge in [-0.15, -0.1) is 0 Å². The Kier molecular flexibility index (Phi) is 2.69. The number of hydrogen-bond donors (Lipinski definition) is 1. The smallest absolute Gasteiger partial charge is 0.0764 e. The number of rotatable bonds is 2. The molecule has 3 heteroatoms. The lowest BCUT2D eigenvalue weighted by atomic mass is 9.90. The summed E-state index contributed by atoms with van der Waals surface area (Å²) < 4.78 is 1.96. The molecule has 0 radical (unpaired) electrons. The molecule has 1 aliphatic carbocycles. The number of fused-ring (bicyclic) bond motifs is 1. The Morgan fingerprint density at radius 2 is 2.06 bits per heavy atom. The first-order valence-electron chi connectivity index (χ1n) is 6.24. The van der Waals surface area contributed by atoms with Gasteiger partial charge in [-0.1, -0.05) is 12.1 Å². The molecule has 0 bridgehead atoms. The molecule has 0 fully saturated rings. The average Bonchev–Trinajstić information content (AvgIpc) is 2.87. The maximum atomic E-state index is 5.60. The first-order valence-corrected chi connectivity index (χ1v) is 6.24. The highest BCUT2D eigenvalue weighted by molar-refractivity contribution is 5.46. The lowest BCUT2D eigenvalue weighted by molar-refractivity contribution is 0.675. The Hall–Kier alpha value is -1.61. The molecule has 2 aromatic rings. The maximum absolute atomic E-state index is 5.60. The van der Waals surface area contributed by atoms with Crippen molar-refractivity contribution in [2.75, 3.05) is 0 Å². The van der Waals surface area contributed by atoms with Crippen LogP contribution in [0.2, 0.25) is 0 Å². The van der Waals surface area contributed by atoms with Crippen LogP contribution in [0, 0.1) is 0 Å². The van der Waals surface area contributed by atoms with Crippen molar-refractivity contribution < 1.29 is 0 Å². The fourth-order valence-corrected chi connectivity index (χ4v) is 2.58. The van der Waals surface area contributed by atoms with Crippen molar-refractivity contribution >= 4 is 0 Å². The molecular weight excluding hydrogens is 210 g/mol. The molecule has 0 aliphatic heterocycles. The summed E-state index contributed by atoms with van der Waals surface area (Å²) in [5.74, 6) is 0. The summed E-state index contributed by atoms with van der Waals surface area (Å²) in [7, 11) is 0. The van der Waals surface area contributed by atoms with Crippen molar-refractivity contribution in [2.24, 2.45) is 5.73 Å². The summed E-state index contributed by atoms with van der Waals surface area (Å²) >= 11 is 0.